The zero-order chi connectivity index (χ0) is 10.8. The van der Waals surface area contributed by atoms with Crippen molar-refractivity contribution in [3.05, 3.63) is 24.2 Å². The van der Waals surface area contributed by atoms with E-state index in [0.717, 1.165) is 17.0 Å². The molecule has 0 unspecified atom stereocenters. The van der Waals surface area contributed by atoms with Gasteiger partial charge in [0.1, 0.15) is 0 Å². The Morgan fingerprint density at radius 2 is 2.20 bits per heavy atom. The monoisotopic (exact) mass is 203 g/mol. The normalized spacial score (nSPS) is 10.3. The summed E-state index contributed by atoms with van der Waals surface area (Å²) >= 11 is 0. The van der Waals surface area contributed by atoms with Gasteiger partial charge in [-0.05, 0) is 13.0 Å². The Kier molecular flexibility index (Phi) is 2.37. The molecule has 1 N–H and O–H groups in total. The number of hydrogen-bond donors (Lipinski definition) is 1. The Labute approximate surface area is 88.2 Å². The summed E-state index contributed by atoms with van der Waals surface area (Å²) in [5, 5.41) is 7.19. The first-order valence-electron chi connectivity index (χ1n) is 4.72. The Hall–Kier alpha value is -1.91. The topological polar surface area (TPSA) is 55.6 Å². The Morgan fingerprint density at radius 3 is 2.80 bits per heavy atom. The second-order valence-electron chi connectivity index (χ2n) is 3.32. The average Bonchev–Trinajstić information content (AvgIpc) is 2.58. The number of rotatable bonds is 2. The van der Waals surface area contributed by atoms with Crippen molar-refractivity contribution in [2.24, 2.45) is 7.05 Å². The van der Waals surface area contributed by atoms with E-state index < -0.39 is 0 Å². The minimum Gasteiger partial charge on any atom is -0.357 e. The third-order valence-corrected chi connectivity index (χ3v) is 2.17. The smallest absolute Gasteiger partial charge is 0.222 e. The summed E-state index contributed by atoms with van der Waals surface area (Å²) in [7, 11) is 3.70. The summed E-state index contributed by atoms with van der Waals surface area (Å²) in [4.78, 5) is 8.43. The number of anilines is 1. The molecule has 2 aromatic rings. The third-order valence-electron chi connectivity index (χ3n) is 2.17. The standard InChI is InChI=1S/C10H13N5/c1-7-8(6-15(3)14-7)9-4-5-12-10(11-2)13-9/h4-6H,1-3H3,(H,11,12,13). The highest BCUT2D eigenvalue weighted by Crippen LogP contribution is 2.20. The van der Waals surface area contributed by atoms with Crippen LogP contribution in [0.4, 0.5) is 5.95 Å². The van der Waals surface area contributed by atoms with Crippen LogP contribution in [-0.2, 0) is 7.05 Å². The van der Waals surface area contributed by atoms with Gasteiger partial charge in [0, 0.05) is 32.1 Å². The van der Waals surface area contributed by atoms with Crippen LogP contribution in [0.15, 0.2) is 18.5 Å². The van der Waals surface area contributed by atoms with E-state index in [0.29, 0.717) is 5.95 Å². The van der Waals surface area contributed by atoms with Crippen molar-refractivity contribution in [3.8, 4) is 11.3 Å². The van der Waals surface area contributed by atoms with Crippen molar-refractivity contribution in [2.75, 3.05) is 12.4 Å². The van der Waals surface area contributed by atoms with Gasteiger partial charge in [-0.1, -0.05) is 0 Å². The lowest BCUT2D eigenvalue weighted by Crippen LogP contribution is -1.96. The molecular formula is C10H13N5. The lowest BCUT2D eigenvalue weighted by Gasteiger charge is -2.00. The van der Waals surface area contributed by atoms with Crippen LogP contribution >= 0.6 is 0 Å². The molecule has 0 fully saturated rings. The van der Waals surface area contributed by atoms with Gasteiger partial charge in [0.15, 0.2) is 0 Å². The van der Waals surface area contributed by atoms with Gasteiger partial charge in [0.2, 0.25) is 5.95 Å². The molecule has 78 valence electrons. The Balaban J connectivity index is 2.49. The van der Waals surface area contributed by atoms with Crippen LogP contribution in [0.3, 0.4) is 0 Å². The zero-order valence-corrected chi connectivity index (χ0v) is 9.02. The van der Waals surface area contributed by atoms with Gasteiger partial charge in [-0.2, -0.15) is 5.10 Å². The minimum atomic E-state index is 0.621. The summed E-state index contributed by atoms with van der Waals surface area (Å²) in [6.45, 7) is 1.97. The molecule has 0 saturated carbocycles. The lowest BCUT2D eigenvalue weighted by molar-refractivity contribution is 0.756. The third kappa shape index (κ3) is 1.81. The molecule has 0 bridgehead atoms. The number of nitrogens with zero attached hydrogens (tertiary/aromatic N) is 4. The van der Waals surface area contributed by atoms with E-state index in [9.17, 15) is 0 Å². The largest absolute Gasteiger partial charge is 0.357 e. The average molecular weight is 203 g/mol. The molecule has 0 aromatic carbocycles. The SMILES string of the molecule is CNc1nccc(-c2cn(C)nc2C)n1. The maximum absolute atomic E-state index is 4.36. The van der Waals surface area contributed by atoms with Crippen molar-refractivity contribution in [2.45, 2.75) is 6.92 Å². The van der Waals surface area contributed by atoms with E-state index >= 15 is 0 Å². The highest BCUT2D eigenvalue weighted by Gasteiger charge is 2.07. The molecule has 0 aliphatic carbocycles. The van der Waals surface area contributed by atoms with E-state index in [1.165, 1.54) is 0 Å². The molecule has 5 nitrogen and oxygen atoms in total. The Bertz CT molecular complexity index is 474. The van der Waals surface area contributed by atoms with Gasteiger partial charge < -0.3 is 5.32 Å². The van der Waals surface area contributed by atoms with Gasteiger partial charge >= 0.3 is 0 Å². The van der Waals surface area contributed by atoms with Crippen LogP contribution in [0.2, 0.25) is 0 Å². The molecule has 2 aromatic heterocycles. The summed E-state index contributed by atoms with van der Waals surface area (Å²) in [6.07, 6.45) is 3.69. The molecule has 0 aliphatic heterocycles. The van der Waals surface area contributed by atoms with Gasteiger partial charge in [0.05, 0.1) is 11.4 Å². The molecule has 2 heterocycles. The van der Waals surface area contributed by atoms with E-state index in [4.69, 9.17) is 0 Å². The number of hydrogen-bond acceptors (Lipinski definition) is 4. The highest BCUT2D eigenvalue weighted by atomic mass is 15.3. The van der Waals surface area contributed by atoms with Crippen LogP contribution < -0.4 is 5.32 Å². The van der Waals surface area contributed by atoms with E-state index in [2.05, 4.69) is 20.4 Å². The second kappa shape index (κ2) is 3.68. The molecule has 0 atom stereocenters. The van der Waals surface area contributed by atoms with Crippen LogP contribution in [0.1, 0.15) is 5.69 Å². The first kappa shape index (κ1) is 9.64. The van der Waals surface area contributed by atoms with Gasteiger partial charge in [-0.3, -0.25) is 4.68 Å². The second-order valence-corrected chi connectivity index (χ2v) is 3.32. The summed E-state index contributed by atoms with van der Waals surface area (Å²) in [6, 6.07) is 1.88. The van der Waals surface area contributed by atoms with Crippen molar-refractivity contribution in [1.82, 2.24) is 19.7 Å². The van der Waals surface area contributed by atoms with Crippen molar-refractivity contribution in [1.29, 1.82) is 0 Å². The van der Waals surface area contributed by atoms with Crippen LogP contribution in [0, 0.1) is 6.92 Å². The molecule has 0 radical (unpaired) electrons. The lowest BCUT2D eigenvalue weighted by atomic mass is 10.2. The van der Waals surface area contributed by atoms with Crippen molar-refractivity contribution in [3.63, 3.8) is 0 Å². The highest BCUT2D eigenvalue weighted by molar-refractivity contribution is 5.61. The summed E-state index contributed by atoms with van der Waals surface area (Å²) in [5.74, 6) is 0.621. The summed E-state index contributed by atoms with van der Waals surface area (Å²) in [5.41, 5.74) is 2.90. The summed E-state index contributed by atoms with van der Waals surface area (Å²) < 4.78 is 1.78. The predicted molar refractivity (Wildman–Crippen MR) is 58.5 cm³/mol. The number of aryl methyl sites for hydroxylation is 2. The molecule has 0 spiro atoms. The quantitative estimate of drug-likeness (QED) is 0.797. The fourth-order valence-corrected chi connectivity index (χ4v) is 1.48. The zero-order valence-electron chi connectivity index (χ0n) is 9.02. The fourth-order valence-electron chi connectivity index (χ4n) is 1.48. The minimum absolute atomic E-state index is 0.621. The Morgan fingerprint density at radius 1 is 1.40 bits per heavy atom. The first-order chi connectivity index (χ1) is 7.20. The van der Waals surface area contributed by atoms with Gasteiger partial charge in [-0.25, -0.2) is 9.97 Å². The first-order valence-corrected chi connectivity index (χ1v) is 4.72. The maximum atomic E-state index is 4.36. The van der Waals surface area contributed by atoms with Gasteiger partial charge in [-0.15, -0.1) is 0 Å². The molecule has 0 amide bonds. The molecule has 15 heavy (non-hydrogen) atoms. The fraction of sp³-hybridized carbons (Fsp3) is 0.300. The number of aromatic nitrogens is 4. The maximum Gasteiger partial charge on any atom is 0.222 e. The molecule has 5 heteroatoms. The van der Waals surface area contributed by atoms with Crippen LogP contribution in [0.5, 0.6) is 0 Å². The number of nitrogens with one attached hydrogen (secondary N) is 1. The molecule has 0 saturated heterocycles. The molecular weight excluding hydrogens is 190 g/mol. The van der Waals surface area contributed by atoms with Gasteiger partial charge in [0.25, 0.3) is 0 Å². The van der Waals surface area contributed by atoms with E-state index in [1.807, 2.05) is 26.2 Å². The van der Waals surface area contributed by atoms with Crippen molar-refractivity contribution >= 4 is 5.95 Å². The van der Waals surface area contributed by atoms with E-state index in [-0.39, 0.29) is 0 Å². The van der Waals surface area contributed by atoms with Crippen LogP contribution in [0.25, 0.3) is 11.3 Å². The van der Waals surface area contributed by atoms with Crippen LogP contribution in [-0.4, -0.2) is 26.8 Å². The predicted octanol–water partition coefficient (Wildman–Crippen LogP) is 1.23. The molecule has 0 aliphatic rings. The van der Waals surface area contributed by atoms with E-state index in [1.54, 1.807) is 17.9 Å². The van der Waals surface area contributed by atoms with Crippen molar-refractivity contribution < 1.29 is 0 Å². The molecule has 2 rings (SSSR count).